The molecule has 106 valence electrons. The van der Waals surface area contributed by atoms with E-state index in [1.807, 2.05) is 12.2 Å². The maximum Gasteiger partial charge on any atom is 0.471 e. The minimum absolute atomic E-state index is 0.0669. The summed E-state index contributed by atoms with van der Waals surface area (Å²) in [5, 5.41) is 1.90. The molecule has 1 fully saturated rings. The van der Waals surface area contributed by atoms with Crippen LogP contribution >= 0.6 is 0 Å². The molecule has 0 aromatic carbocycles. The minimum Gasteiger partial charge on any atom is -0.348 e. The Morgan fingerprint density at radius 2 is 1.89 bits per heavy atom. The van der Waals surface area contributed by atoms with Gasteiger partial charge in [-0.3, -0.25) is 4.79 Å². The lowest BCUT2D eigenvalue weighted by Gasteiger charge is -2.44. The zero-order valence-electron chi connectivity index (χ0n) is 10.8. The van der Waals surface area contributed by atoms with E-state index in [0.717, 1.165) is 0 Å². The van der Waals surface area contributed by atoms with E-state index in [4.69, 9.17) is 0 Å². The third kappa shape index (κ3) is 3.59. The summed E-state index contributed by atoms with van der Waals surface area (Å²) < 4.78 is 50.0. The van der Waals surface area contributed by atoms with Crippen LogP contribution in [0.4, 0.5) is 17.6 Å². The van der Waals surface area contributed by atoms with Gasteiger partial charge < -0.3 is 5.32 Å². The molecule has 0 saturated heterocycles. The van der Waals surface area contributed by atoms with Crippen LogP contribution in [0.5, 0.6) is 0 Å². The average molecular weight is 269 g/mol. The maximum atomic E-state index is 13.8. The Hall–Kier alpha value is -0.810. The normalized spacial score (nSPS) is 37.4. The molecule has 0 radical (unpaired) electrons. The third-order valence-corrected chi connectivity index (χ3v) is 4.05. The molecule has 0 aromatic heterocycles. The fourth-order valence-corrected chi connectivity index (χ4v) is 2.42. The van der Waals surface area contributed by atoms with E-state index in [1.54, 1.807) is 6.92 Å². The van der Waals surface area contributed by atoms with Crippen LogP contribution in [0.25, 0.3) is 0 Å². The van der Waals surface area contributed by atoms with Crippen LogP contribution in [-0.2, 0) is 4.79 Å². The number of rotatable bonds is 2. The molecule has 1 aliphatic carbocycles. The van der Waals surface area contributed by atoms with Gasteiger partial charge in [0.1, 0.15) is 5.67 Å². The van der Waals surface area contributed by atoms with Crippen molar-refractivity contribution in [2.75, 3.05) is 6.54 Å². The summed E-state index contributed by atoms with van der Waals surface area (Å²) >= 11 is 0. The van der Waals surface area contributed by atoms with E-state index in [0.29, 0.717) is 19.3 Å². The predicted molar refractivity (Wildman–Crippen MR) is 59.7 cm³/mol. The van der Waals surface area contributed by atoms with Crippen LogP contribution in [0.2, 0.25) is 0 Å². The molecular weight excluding hydrogens is 250 g/mol. The molecule has 0 aliphatic heterocycles. The zero-order valence-corrected chi connectivity index (χ0v) is 10.8. The summed E-state index contributed by atoms with van der Waals surface area (Å²) in [6.07, 6.45) is -3.76. The fourth-order valence-electron chi connectivity index (χ4n) is 2.42. The summed E-state index contributed by atoms with van der Waals surface area (Å²) in [7, 11) is 0. The zero-order chi connectivity index (χ0) is 14.2. The van der Waals surface area contributed by atoms with Crippen LogP contribution in [0.3, 0.4) is 0 Å². The number of hydrogen-bond donors (Lipinski definition) is 1. The Morgan fingerprint density at radius 1 is 1.33 bits per heavy atom. The minimum atomic E-state index is -4.86. The lowest BCUT2D eigenvalue weighted by Crippen LogP contribution is -2.48. The number of alkyl halides is 4. The molecule has 3 atom stereocenters. The number of hydrogen-bond acceptors (Lipinski definition) is 1. The average Bonchev–Trinajstić information content (AvgIpc) is 2.19. The van der Waals surface area contributed by atoms with Gasteiger partial charge in [0.25, 0.3) is 0 Å². The van der Waals surface area contributed by atoms with E-state index in [2.05, 4.69) is 0 Å². The molecule has 1 N–H and O–H groups in total. The highest BCUT2D eigenvalue weighted by atomic mass is 19.4. The van der Waals surface area contributed by atoms with Crippen molar-refractivity contribution in [3.05, 3.63) is 0 Å². The molecule has 0 bridgehead atoms. The Morgan fingerprint density at radius 3 is 2.33 bits per heavy atom. The molecule has 2 nitrogen and oxygen atoms in total. The standard InChI is InChI=1S/C12H19F4NO/c1-8-6-11(3,13)5-4-10(8,2)7-17-9(18)12(14,15)16/h8H,4-7H2,1-3H3,(H,17,18). The van der Waals surface area contributed by atoms with Crippen LogP contribution < -0.4 is 5.32 Å². The summed E-state index contributed by atoms with van der Waals surface area (Å²) in [4.78, 5) is 10.8. The third-order valence-electron chi connectivity index (χ3n) is 4.05. The highest BCUT2D eigenvalue weighted by Gasteiger charge is 2.45. The summed E-state index contributed by atoms with van der Waals surface area (Å²) in [6, 6.07) is 0. The monoisotopic (exact) mass is 269 g/mol. The Balaban J connectivity index is 2.59. The first-order valence-electron chi connectivity index (χ1n) is 6.00. The molecular formula is C12H19F4NO. The molecule has 0 heterocycles. The van der Waals surface area contributed by atoms with E-state index in [-0.39, 0.29) is 12.5 Å². The molecule has 18 heavy (non-hydrogen) atoms. The Bertz CT molecular complexity index is 327. The molecule has 1 aliphatic rings. The Kier molecular flexibility index (Phi) is 3.98. The quantitative estimate of drug-likeness (QED) is 0.766. The second-order valence-corrected chi connectivity index (χ2v) is 5.85. The topological polar surface area (TPSA) is 29.1 Å². The van der Waals surface area contributed by atoms with Gasteiger partial charge >= 0.3 is 12.1 Å². The van der Waals surface area contributed by atoms with Gasteiger partial charge in [0.2, 0.25) is 0 Å². The van der Waals surface area contributed by atoms with Gasteiger partial charge in [0.05, 0.1) is 0 Å². The summed E-state index contributed by atoms with van der Waals surface area (Å²) in [6.45, 7) is 5.06. The van der Waals surface area contributed by atoms with Gasteiger partial charge in [-0.25, -0.2) is 4.39 Å². The molecule has 0 spiro atoms. The molecule has 1 saturated carbocycles. The first-order chi connectivity index (χ1) is 7.96. The van der Waals surface area contributed by atoms with Crippen LogP contribution in [0, 0.1) is 11.3 Å². The van der Waals surface area contributed by atoms with Crippen LogP contribution in [0.15, 0.2) is 0 Å². The lowest BCUT2D eigenvalue weighted by atomic mass is 9.64. The van der Waals surface area contributed by atoms with Gasteiger partial charge in [-0.15, -0.1) is 0 Å². The SMILES string of the molecule is CC1CC(C)(F)CCC1(C)CNC(=O)C(F)(F)F. The van der Waals surface area contributed by atoms with Crippen molar-refractivity contribution in [1.82, 2.24) is 5.32 Å². The van der Waals surface area contributed by atoms with Crippen molar-refractivity contribution < 1.29 is 22.4 Å². The highest BCUT2D eigenvalue weighted by Crippen LogP contribution is 2.46. The van der Waals surface area contributed by atoms with E-state index < -0.39 is 23.2 Å². The molecule has 1 rings (SSSR count). The fraction of sp³-hybridized carbons (Fsp3) is 0.917. The van der Waals surface area contributed by atoms with Gasteiger partial charge in [0.15, 0.2) is 0 Å². The Labute approximate surface area is 104 Å². The van der Waals surface area contributed by atoms with Crippen molar-refractivity contribution in [2.45, 2.75) is 51.9 Å². The van der Waals surface area contributed by atoms with Crippen molar-refractivity contribution in [3.8, 4) is 0 Å². The number of nitrogens with one attached hydrogen (secondary N) is 1. The molecule has 1 amide bonds. The predicted octanol–water partition coefficient (Wildman–Crippen LogP) is 3.22. The number of halogens is 4. The first-order valence-corrected chi connectivity index (χ1v) is 6.00. The van der Waals surface area contributed by atoms with Gasteiger partial charge in [0, 0.05) is 6.54 Å². The van der Waals surface area contributed by atoms with E-state index in [9.17, 15) is 22.4 Å². The lowest BCUT2D eigenvalue weighted by molar-refractivity contribution is -0.174. The van der Waals surface area contributed by atoms with Gasteiger partial charge in [-0.05, 0) is 37.5 Å². The smallest absolute Gasteiger partial charge is 0.348 e. The van der Waals surface area contributed by atoms with Crippen molar-refractivity contribution in [1.29, 1.82) is 0 Å². The van der Waals surface area contributed by atoms with Crippen LogP contribution in [0.1, 0.15) is 40.0 Å². The van der Waals surface area contributed by atoms with Crippen molar-refractivity contribution in [3.63, 3.8) is 0 Å². The second-order valence-electron chi connectivity index (χ2n) is 5.85. The van der Waals surface area contributed by atoms with Gasteiger partial charge in [-0.2, -0.15) is 13.2 Å². The summed E-state index contributed by atoms with van der Waals surface area (Å²) in [5.41, 5.74) is -1.74. The van der Waals surface area contributed by atoms with Gasteiger partial charge in [-0.1, -0.05) is 13.8 Å². The van der Waals surface area contributed by atoms with Crippen molar-refractivity contribution in [2.24, 2.45) is 11.3 Å². The maximum absolute atomic E-state index is 13.8. The molecule has 3 unspecified atom stereocenters. The van der Waals surface area contributed by atoms with Crippen molar-refractivity contribution >= 4 is 5.91 Å². The summed E-state index contributed by atoms with van der Waals surface area (Å²) in [5.74, 6) is -2.00. The first kappa shape index (κ1) is 15.2. The number of amides is 1. The number of carbonyl (C=O) groups excluding carboxylic acids is 1. The molecule has 0 aromatic rings. The number of carbonyl (C=O) groups is 1. The highest BCUT2D eigenvalue weighted by molar-refractivity contribution is 5.81. The largest absolute Gasteiger partial charge is 0.471 e. The van der Waals surface area contributed by atoms with E-state index >= 15 is 0 Å². The molecule has 6 heteroatoms. The van der Waals surface area contributed by atoms with Crippen LogP contribution in [-0.4, -0.2) is 24.3 Å². The van der Waals surface area contributed by atoms with E-state index in [1.165, 1.54) is 6.92 Å². The second kappa shape index (κ2) is 4.70.